The molecule has 2 unspecified atom stereocenters. The lowest BCUT2D eigenvalue weighted by molar-refractivity contribution is 0.308. The van der Waals surface area contributed by atoms with Crippen molar-refractivity contribution in [1.82, 2.24) is 10.1 Å². The van der Waals surface area contributed by atoms with Gasteiger partial charge in [0.15, 0.2) is 5.82 Å². The fraction of sp³-hybridized carbons (Fsp3) is 0.833. The van der Waals surface area contributed by atoms with E-state index in [9.17, 15) is 0 Å². The Morgan fingerprint density at radius 2 is 2.12 bits per heavy atom. The van der Waals surface area contributed by atoms with Crippen molar-refractivity contribution in [1.29, 1.82) is 0 Å². The highest BCUT2D eigenvalue weighted by molar-refractivity contribution is 5.10. The van der Waals surface area contributed by atoms with Crippen LogP contribution in [0.15, 0.2) is 4.52 Å². The van der Waals surface area contributed by atoms with Crippen LogP contribution in [0.2, 0.25) is 0 Å². The van der Waals surface area contributed by atoms with Gasteiger partial charge in [0.05, 0.1) is 5.54 Å². The molecule has 2 rings (SSSR count). The van der Waals surface area contributed by atoms with Gasteiger partial charge in [-0.3, -0.25) is 0 Å². The highest BCUT2D eigenvalue weighted by Gasteiger charge is 2.40. The molecule has 1 aromatic rings. The average molecular weight is 223 g/mol. The van der Waals surface area contributed by atoms with Crippen LogP contribution in [0.1, 0.15) is 58.7 Å². The number of hydrogen-bond acceptors (Lipinski definition) is 4. The molecule has 0 aliphatic heterocycles. The van der Waals surface area contributed by atoms with Crippen molar-refractivity contribution in [3.05, 3.63) is 11.7 Å². The summed E-state index contributed by atoms with van der Waals surface area (Å²) in [5.41, 5.74) is 5.87. The first-order chi connectivity index (χ1) is 7.31. The number of nitrogens with two attached hydrogens (primary N) is 1. The summed E-state index contributed by atoms with van der Waals surface area (Å²) in [5.74, 6) is 2.01. The van der Waals surface area contributed by atoms with Crippen LogP contribution >= 0.6 is 0 Å². The molecule has 0 bridgehead atoms. The Labute approximate surface area is 96.6 Å². The monoisotopic (exact) mass is 223 g/mol. The Hall–Kier alpha value is -0.900. The first-order valence-electron chi connectivity index (χ1n) is 5.95. The Kier molecular flexibility index (Phi) is 2.57. The summed E-state index contributed by atoms with van der Waals surface area (Å²) in [6.07, 6.45) is 3.06. The Morgan fingerprint density at radius 3 is 2.56 bits per heavy atom. The largest absolute Gasteiger partial charge is 0.339 e. The van der Waals surface area contributed by atoms with E-state index in [0.29, 0.717) is 17.6 Å². The summed E-state index contributed by atoms with van der Waals surface area (Å²) in [4.78, 5) is 4.47. The zero-order valence-corrected chi connectivity index (χ0v) is 10.6. The molecule has 0 saturated heterocycles. The van der Waals surface area contributed by atoms with Gasteiger partial charge in [-0.15, -0.1) is 0 Å². The summed E-state index contributed by atoms with van der Waals surface area (Å²) in [6, 6.07) is 0. The second kappa shape index (κ2) is 3.55. The first kappa shape index (κ1) is 11.6. The quantitative estimate of drug-likeness (QED) is 0.793. The van der Waals surface area contributed by atoms with E-state index in [1.807, 2.05) is 0 Å². The van der Waals surface area contributed by atoms with Crippen molar-refractivity contribution < 1.29 is 4.52 Å². The van der Waals surface area contributed by atoms with Crippen molar-refractivity contribution in [3.63, 3.8) is 0 Å². The van der Waals surface area contributed by atoms with E-state index in [-0.39, 0.29) is 11.0 Å². The number of aromatic nitrogens is 2. The lowest BCUT2D eigenvalue weighted by Crippen LogP contribution is -2.35. The third-order valence-electron chi connectivity index (χ3n) is 3.31. The molecule has 1 saturated carbocycles. The van der Waals surface area contributed by atoms with Gasteiger partial charge < -0.3 is 10.3 Å². The number of rotatable bonds is 1. The molecule has 4 heteroatoms. The Balaban J connectivity index is 2.25. The van der Waals surface area contributed by atoms with Crippen LogP contribution in [0, 0.1) is 5.92 Å². The van der Waals surface area contributed by atoms with E-state index < -0.39 is 0 Å². The molecule has 1 aliphatic carbocycles. The van der Waals surface area contributed by atoms with Crippen LogP contribution in [0.25, 0.3) is 0 Å². The lowest BCUT2D eigenvalue weighted by atomic mass is 9.95. The van der Waals surface area contributed by atoms with Gasteiger partial charge >= 0.3 is 0 Å². The van der Waals surface area contributed by atoms with Crippen molar-refractivity contribution in [2.45, 2.75) is 57.9 Å². The Bertz CT molecular complexity index is 380. The molecular formula is C12H21N3O. The van der Waals surface area contributed by atoms with E-state index in [0.717, 1.165) is 19.3 Å². The predicted octanol–water partition coefficient (Wildman–Crippen LogP) is 2.34. The molecule has 16 heavy (non-hydrogen) atoms. The van der Waals surface area contributed by atoms with Gasteiger partial charge in [0, 0.05) is 5.41 Å². The van der Waals surface area contributed by atoms with Gasteiger partial charge in [0.1, 0.15) is 0 Å². The van der Waals surface area contributed by atoms with Gasteiger partial charge in [0.2, 0.25) is 5.89 Å². The molecule has 90 valence electrons. The topological polar surface area (TPSA) is 64.9 Å². The maximum atomic E-state index is 6.34. The minimum Gasteiger partial charge on any atom is -0.339 e. The normalized spacial score (nSPS) is 30.9. The molecule has 2 atom stereocenters. The molecule has 1 heterocycles. The summed E-state index contributed by atoms with van der Waals surface area (Å²) in [6.45, 7) is 8.40. The second-order valence-corrected chi connectivity index (χ2v) is 6.18. The smallest absolute Gasteiger partial charge is 0.232 e. The minimum absolute atomic E-state index is 0.105. The lowest BCUT2D eigenvalue weighted by Gasteiger charge is -2.19. The molecule has 1 aromatic heterocycles. The highest BCUT2D eigenvalue weighted by Crippen LogP contribution is 2.39. The molecule has 0 amide bonds. The predicted molar refractivity (Wildman–Crippen MR) is 61.9 cm³/mol. The highest BCUT2D eigenvalue weighted by atomic mass is 16.5. The second-order valence-electron chi connectivity index (χ2n) is 6.18. The van der Waals surface area contributed by atoms with Crippen LogP contribution in [0.3, 0.4) is 0 Å². The number of nitrogens with zero attached hydrogens (tertiary/aromatic N) is 2. The van der Waals surface area contributed by atoms with E-state index in [2.05, 4.69) is 37.8 Å². The summed E-state index contributed by atoms with van der Waals surface area (Å²) < 4.78 is 5.30. The fourth-order valence-electron chi connectivity index (χ4n) is 2.26. The molecular weight excluding hydrogens is 202 g/mol. The van der Waals surface area contributed by atoms with E-state index >= 15 is 0 Å². The maximum absolute atomic E-state index is 6.34. The Morgan fingerprint density at radius 1 is 1.44 bits per heavy atom. The standard InChI is InChI=1S/C12H21N3O/c1-8-5-6-12(13,7-8)9-14-10(16-15-9)11(2,3)4/h8H,5-7,13H2,1-4H3. The third-order valence-corrected chi connectivity index (χ3v) is 3.31. The molecule has 2 N–H and O–H groups in total. The number of hydrogen-bond donors (Lipinski definition) is 1. The van der Waals surface area contributed by atoms with Gasteiger partial charge in [-0.25, -0.2) is 0 Å². The van der Waals surface area contributed by atoms with Crippen molar-refractivity contribution in [2.24, 2.45) is 11.7 Å². The minimum atomic E-state index is -0.369. The van der Waals surface area contributed by atoms with Crippen LogP contribution in [0.4, 0.5) is 0 Å². The van der Waals surface area contributed by atoms with Gasteiger partial charge in [-0.05, 0) is 25.2 Å². The molecule has 0 radical (unpaired) electrons. The molecule has 1 fully saturated rings. The van der Waals surface area contributed by atoms with Crippen molar-refractivity contribution >= 4 is 0 Å². The SMILES string of the molecule is CC1CCC(N)(c2noc(C(C)(C)C)n2)C1. The van der Waals surface area contributed by atoms with Crippen LogP contribution < -0.4 is 5.73 Å². The van der Waals surface area contributed by atoms with Gasteiger partial charge in [-0.2, -0.15) is 4.98 Å². The van der Waals surface area contributed by atoms with Gasteiger partial charge in [-0.1, -0.05) is 32.9 Å². The van der Waals surface area contributed by atoms with Crippen LogP contribution in [-0.2, 0) is 11.0 Å². The van der Waals surface area contributed by atoms with E-state index in [1.54, 1.807) is 0 Å². The zero-order valence-electron chi connectivity index (χ0n) is 10.6. The van der Waals surface area contributed by atoms with Crippen molar-refractivity contribution in [3.8, 4) is 0 Å². The summed E-state index contributed by atoms with van der Waals surface area (Å²) in [5, 5.41) is 4.06. The summed E-state index contributed by atoms with van der Waals surface area (Å²) >= 11 is 0. The third kappa shape index (κ3) is 1.98. The fourth-order valence-corrected chi connectivity index (χ4v) is 2.26. The van der Waals surface area contributed by atoms with E-state index in [4.69, 9.17) is 10.3 Å². The molecule has 4 nitrogen and oxygen atoms in total. The van der Waals surface area contributed by atoms with E-state index in [1.165, 1.54) is 0 Å². The molecule has 1 aliphatic rings. The van der Waals surface area contributed by atoms with Gasteiger partial charge in [0.25, 0.3) is 0 Å². The van der Waals surface area contributed by atoms with Crippen LogP contribution in [-0.4, -0.2) is 10.1 Å². The average Bonchev–Trinajstić information content (AvgIpc) is 2.71. The summed E-state index contributed by atoms with van der Waals surface area (Å²) in [7, 11) is 0. The molecule has 0 aromatic carbocycles. The maximum Gasteiger partial charge on any atom is 0.232 e. The first-order valence-corrected chi connectivity index (χ1v) is 5.95. The van der Waals surface area contributed by atoms with Crippen molar-refractivity contribution in [2.75, 3.05) is 0 Å². The molecule has 0 spiro atoms. The zero-order chi connectivity index (χ0) is 12.0. The van der Waals surface area contributed by atoms with Crippen LogP contribution in [0.5, 0.6) is 0 Å².